The maximum absolute atomic E-state index is 12.8. The maximum atomic E-state index is 12.8. The smallest absolute Gasteiger partial charge is 0.227 e. The van der Waals surface area contributed by atoms with Crippen molar-refractivity contribution in [3.8, 4) is 11.4 Å². The average Bonchev–Trinajstić information content (AvgIpc) is 3.37. The van der Waals surface area contributed by atoms with Gasteiger partial charge >= 0.3 is 0 Å². The van der Waals surface area contributed by atoms with E-state index >= 15 is 0 Å². The van der Waals surface area contributed by atoms with Gasteiger partial charge in [0.15, 0.2) is 0 Å². The predicted octanol–water partition coefficient (Wildman–Crippen LogP) is 2.87. The number of aromatic nitrogens is 4. The topological polar surface area (TPSA) is 77.0 Å². The minimum atomic E-state index is 0.120. The van der Waals surface area contributed by atoms with E-state index in [4.69, 9.17) is 4.52 Å². The molecule has 3 aromatic rings. The first kappa shape index (κ1) is 17.5. The Balaban J connectivity index is 1.52. The molecule has 0 radical (unpaired) electrons. The number of hydrogen-bond acceptors (Lipinski definition) is 5. The van der Waals surface area contributed by atoms with Crippen LogP contribution in [0.25, 0.3) is 11.4 Å². The molecule has 1 atom stereocenters. The number of hydrogen-bond donors (Lipinski definition) is 0. The Morgan fingerprint density at radius 3 is 2.74 bits per heavy atom. The van der Waals surface area contributed by atoms with Gasteiger partial charge in [-0.05, 0) is 39.3 Å². The normalized spacial score (nSPS) is 16.9. The van der Waals surface area contributed by atoms with Gasteiger partial charge in [0.05, 0.1) is 18.2 Å². The number of carbonyl (C=O) groups is 1. The number of imidazole rings is 1. The van der Waals surface area contributed by atoms with Crippen LogP contribution in [0.5, 0.6) is 0 Å². The van der Waals surface area contributed by atoms with E-state index in [9.17, 15) is 4.79 Å². The molecule has 1 aliphatic heterocycles. The van der Waals surface area contributed by atoms with Crippen LogP contribution in [-0.2, 0) is 11.2 Å². The number of nitrogens with zero attached hydrogens (tertiary/aromatic N) is 5. The molecule has 4 rings (SSSR count). The molecule has 1 saturated heterocycles. The lowest BCUT2D eigenvalue weighted by Crippen LogP contribution is -2.31. The van der Waals surface area contributed by atoms with Crippen molar-refractivity contribution in [1.29, 1.82) is 0 Å². The van der Waals surface area contributed by atoms with Gasteiger partial charge in [-0.25, -0.2) is 4.98 Å². The Labute approximate surface area is 158 Å². The summed E-state index contributed by atoms with van der Waals surface area (Å²) < 4.78 is 7.43. The number of rotatable bonds is 4. The number of likely N-dealkylation sites (tertiary alicyclic amines) is 1. The molecule has 1 unspecified atom stereocenters. The lowest BCUT2D eigenvalue weighted by atomic mass is 10.1. The third-order valence-corrected chi connectivity index (χ3v) is 5.31. The predicted molar refractivity (Wildman–Crippen MR) is 100 cm³/mol. The molecule has 140 valence electrons. The lowest BCUT2D eigenvalue weighted by Gasteiger charge is -2.20. The molecule has 0 saturated carbocycles. The van der Waals surface area contributed by atoms with Crippen molar-refractivity contribution in [2.45, 2.75) is 39.7 Å². The lowest BCUT2D eigenvalue weighted by molar-refractivity contribution is -0.129. The average molecular weight is 365 g/mol. The van der Waals surface area contributed by atoms with E-state index in [2.05, 4.69) is 26.6 Å². The summed E-state index contributed by atoms with van der Waals surface area (Å²) in [6.45, 7) is 7.23. The van der Waals surface area contributed by atoms with Crippen molar-refractivity contribution in [3.05, 3.63) is 53.4 Å². The molecule has 0 spiro atoms. The summed E-state index contributed by atoms with van der Waals surface area (Å²) in [5.41, 5.74) is 3.84. The summed E-state index contributed by atoms with van der Waals surface area (Å²) >= 11 is 0. The van der Waals surface area contributed by atoms with E-state index in [1.807, 2.05) is 37.1 Å². The van der Waals surface area contributed by atoms with Crippen LogP contribution in [0.15, 0.2) is 35.2 Å². The molecule has 7 heteroatoms. The Hall–Kier alpha value is -2.96. The molecule has 0 bridgehead atoms. The molecule has 1 aliphatic rings. The van der Waals surface area contributed by atoms with Gasteiger partial charge in [-0.15, -0.1) is 0 Å². The first-order valence-corrected chi connectivity index (χ1v) is 9.18. The van der Waals surface area contributed by atoms with Crippen molar-refractivity contribution >= 4 is 5.91 Å². The van der Waals surface area contributed by atoms with Gasteiger partial charge in [0.25, 0.3) is 0 Å². The second kappa shape index (κ2) is 6.98. The third kappa shape index (κ3) is 3.25. The number of carbonyl (C=O) groups excluding carboxylic acids is 1. The fourth-order valence-electron chi connectivity index (χ4n) is 3.82. The van der Waals surface area contributed by atoms with Gasteiger partial charge in [-0.1, -0.05) is 5.16 Å². The van der Waals surface area contributed by atoms with Gasteiger partial charge in [-0.3, -0.25) is 9.78 Å². The highest BCUT2D eigenvalue weighted by atomic mass is 16.5. The third-order valence-electron chi connectivity index (χ3n) is 5.31. The minimum Gasteiger partial charge on any atom is -0.361 e. The zero-order chi connectivity index (χ0) is 19.0. The number of amides is 1. The van der Waals surface area contributed by atoms with Crippen LogP contribution in [0.4, 0.5) is 0 Å². The first-order chi connectivity index (χ1) is 13.0. The molecular formula is C20H23N5O2. The largest absolute Gasteiger partial charge is 0.361 e. The summed E-state index contributed by atoms with van der Waals surface area (Å²) in [5.74, 6) is 1.78. The van der Waals surface area contributed by atoms with Crippen LogP contribution < -0.4 is 0 Å². The molecule has 3 aromatic heterocycles. The van der Waals surface area contributed by atoms with E-state index in [-0.39, 0.29) is 11.9 Å². The second-order valence-corrected chi connectivity index (χ2v) is 7.09. The molecule has 4 heterocycles. The summed E-state index contributed by atoms with van der Waals surface area (Å²) in [6.07, 6.45) is 6.70. The fraction of sp³-hybridized carbons (Fsp3) is 0.400. The van der Waals surface area contributed by atoms with Crippen LogP contribution >= 0.6 is 0 Å². The van der Waals surface area contributed by atoms with E-state index in [0.717, 1.165) is 47.1 Å². The zero-order valence-electron chi connectivity index (χ0n) is 15.8. The summed E-state index contributed by atoms with van der Waals surface area (Å²) in [5, 5.41) is 3.94. The standard InChI is InChI=1S/C20H23N5O2/c1-13-11-22-20(16-4-7-21-8-5-16)25(13)17-6-9-24(12-17)19(26)10-18-14(2)23-27-15(18)3/h4-5,7-8,11,17H,6,9-10,12H2,1-3H3. The van der Waals surface area contributed by atoms with Crippen LogP contribution in [0.3, 0.4) is 0 Å². The Kier molecular flexibility index (Phi) is 4.51. The van der Waals surface area contributed by atoms with E-state index < -0.39 is 0 Å². The van der Waals surface area contributed by atoms with Gasteiger partial charge in [0.2, 0.25) is 5.91 Å². The molecule has 7 nitrogen and oxygen atoms in total. The van der Waals surface area contributed by atoms with Crippen LogP contribution in [0, 0.1) is 20.8 Å². The van der Waals surface area contributed by atoms with Crippen molar-refractivity contribution in [2.75, 3.05) is 13.1 Å². The van der Waals surface area contributed by atoms with Gasteiger partial charge in [0, 0.05) is 48.5 Å². The van der Waals surface area contributed by atoms with Gasteiger partial charge in [0.1, 0.15) is 11.6 Å². The molecular weight excluding hydrogens is 342 g/mol. The molecule has 0 aliphatic carbocycles. The van der Waals surface area contributed by atoms with Crippen LogP contribution in [0.1, 0.15) is 35.2 Å². The van der Waals surface area contributed by atoms with Crippen molar-refractivity contribution in [1.82, 2.24) is 24.6 Å². The van der Waals surface area contributed by atoms with Crippen LogP contribution in [0.2, 0.25) is 0 Å². The molecule has 0 aromatic carbocycles. The number of aryl methyl sites for hydroxylation is 3. The van der Waals surface area contributed by atoms with E-state index in [1.165, 1.54) is 0 Å². The van der Waals surface area contributed by atoms with E-state index in [1.54, 1.807) is 12.4 Å². The minimum absolute atomic E-state index is 0.120. The molecule has 1 fully saturated rings. The Morgan fingerprint density at radius 1 is 1.26 bits per heavy atom. The highest BCUT2D eigenvalue weighted by Gasteiger charge is 2.30. The van der Waals surface area contributed by atoms with Gasteiger partial charge in [-0.2, -0.15) is 0 Å². The SMILES string of the molecule is Cc1noc(C)c1CC(=O)N1CCC(n2c(C)cnc2-c2ccncc2)C1. The fourth-order valence-corrected chi connectivity index (χ4v) is 3.82. The maximum Gasteiger partial charge on any atom is 0.227 e. The quantitative estimate of drug-likeness (QED) is 0.710. The van der Waals surface area contributed by atoms with Crippen molar-refractivity contribution in [3.63, 3.8) is 0 Å². The summed E-state index contributed by atoms with van der Waals surface area (Å²) in [6, 6.07) is 4.16. The summed E-state index contributed by atoms with van der Waals surface area (Å²) in [4.78, 5) is 23.4. The Bertz CT molecular complexity index is 941. The second-order valence-electron chi connectivity index (χ2n) is 7.09. The first-order valence-electron chi connectivity index (χ1n) is 9.18. The Morgan fingerprint density at radius 2 is 2.04 bits per heavy atom. The molecule has 1 amide bonds. The van der Waals surface area contributed by atoms with Crippen molar-refractivity contribution < 1.29 is 9.32 Å². The van der Waals surface area contributed by atoms with Crippen molar-refractivity contribution in [2.24, 2.45) is 0 Å². The number of pyridine rings is 1. The molecule has 27 heavy (non-hydrogen) atoms. The zero-order valence-corrected chi connectivity index (χ0v) is 15.8. The molecule has 0 N–H and O–H groups in total. The summed E-state index contributed by atoms with van der Waals surface area (Å²) in [7, 11) is 0. The van der Waals surface area contributed by atoms with Crippen LogP contribution in [-0.4, -0.2) is 43.6 Å². The highest BCUT2D eigenvalue weighted by molar-refractivity contribution is 5.79. The van der Waals surface area contributed by atoms with Gasteiger partial charge < -0.3 is 14.0 Å². The monoisotopic (exact) mass is 365 g/mol. The van der Waals surface area contributed by atoms with E-state index in [0.29, 0.717) is 13.0 Å². The highest BCUT2D eigenvalue weighted by Crippen LogP contribution is 2.30.